The number of imidazole rings is 1. The Kier molecular flexibility index (Phi) is 3.64. The molecule has 0 bridgehead atoms. The molecule has 1 N–H and O–H groups in total. The number of hydrogen-bond acceptors (Lipinski definition) is 3. The van der Waals surface area contributed by atoms with Crippen molar-refractivity contribution in [1.82, 2.24) is 9.55 Å². The Hall–Kier alpha value is -1.55. The van der Waals surface area contributed by atoms with Crippen LogP contribution in [0.4, 0.5) is 5.95 Å². The molecular weight excluding hydrogens is 230 g/mol. The number of hydrogen-bond donors (Lipinski definition) is 1. The molecule has 2 aromatic heterocycles. The second kappa shape index (κ2) is 5.19. The molecule has 0 aliphatic heterocycles. The fourth-order valence-electron chi connectivity index (χ4n) is 1.71. The molecule has 0 aliphatic carbocycles. The molecule has 0 atom stereocenters. The van der Waals surface area contributed by atoms with E-state index in [0.717, 1.165) is 24.7 Å². The Bertz CT molecular complexity index is 510. The molecule has 0 saturated carbocycles. The van der Waals surface area contributed by atoms with Gasteiger partial charge in [-0.05, 0) is 35.7 Å². The third-order valence-electron chi connectivity index (χ3n) is 2.62. The molecule has 0 saturated heterocycles. The van der Waals surface area contributed by atoms with Crippen LogP contribution in [-0.2, 0) is 13.1 Å². The number of anilines is 1. The quantitative estimate of drug-likeness (QED) is 0.821. The number of aryl methyl sites for hydroxylation is 2. The monoisotopic (exact) mass is 247 g/mol. The van der Waals surface area contributed by atoms with E-state index in [-0.39, 0.29) is 0 Å². The summed E-state index contributed by atoms with van der Waals surface area (Å²) in [5.74, 6) is 0.910. The van der Waals surface area contributed by atoms with Gasteiger partial charge >= 0.3 is 0 Å². The minimum absolute atomic E-state index is 0.784. The van der Waals surface area contributed by atoms with E-state index in [1.165, 1.54) is 11.1 Å². The largest absolute Gasteiger partial charge is 0.352 e. The van der Waals surface area contributed by atoms with Crippen molar-refractivity contribution in [3.8, 4) is 0 Å². The summed E-state index contributed by atoms with van der Waals surface area (Å²) in [4.78, 5) is 4.47. The normalized spacial score (nSPS) is 10.5. The standard InChI is InChI=1S/C13H17N3S/c1-4-5-16-7-11(3)15-13(16)14-6-12-9-17-8-10(12)2/h4,7-9H,1,5-6H2,2-3H3,(H,14,15). The lowest BCUT2D eigenvalue weighted by Crippen LogP contribution is -2.06. The maximum atomic E-state index is 4.47. The Morgan fingerprint density at radius 3 is 2.94 bits per heavy atom. The van der Waals surface area contributed by atoms with Crippen LogP contribution in [0.3, 0.4) is 0 Å². The first-order valence-corrected chi connectivity index (χ1v) is 6.55. The third kappa shape index (κ3) is 2.77. The summed E-state index contributed by atoms with van der Waals surface area (Å²) in [5, 5.41) is 7.71. The van der Waals surface area contributed by atoms with E-state index in [2.05, 4.69) is 39.1 Å². The predicted molar refractivity (Wildman–Crippen MR) is 73.5 cm³/mol. The first-order chi connectivity index (χ1) is 8.20. The average Bonchev–Trinajstić information content (AvgIpc) is 2.83. The zero-order chi connectivity index (χ0) is 12.3. The molecule has 2 heterocycles. The van der Waals surface area contributed by atoms with Gasteiger partial charge in [0.05, 0.1) is 5.69 Å². The molecule has 0 aliphatic rings. The lowest BCUT2D eigenvalue weighted by Gasteiger charge is -2.07. The molecule has 0 fully saturated rings. The van der Waals surface area contributed by atoms with E-state index in [0.29, 0.717) is 0 Å². The number of nitrogens with zero attached hydrogens (tertiary/aromatic N) is 2. The lowest BCUT2D eigenvalue weighted by atomic mass is 10.2. The van der Waals surface area contributed by atoms with Gasteiger partial charge in [0, 0.05) is 19.3 Å². The second-order valence-corrected chi connectivity index (χ2v) is 4.82. The summed E-state index contributed by atoms with van der Waals surface area (Å²) in [6, 6.07) is 0. The summed E-state index contributed by atoms with van der Waals surface area (Å²) in [6.07, 6.45) is 3.91. The number of allylic oxidation sites excluding steroid dienone is 1. The summed E-state index contributed by atoms with van der Waals surface area (Å²) in [7, 11) is 0. The molecule has 2 rings (SSSR count). The minimum Gasteiger partial charge on any atom is -0.352 e. The van der Waals surface area contributed by atoms with Crippen molar-refractivity contribution >= 4 is 17.3 Å². The maximum Gasteiger partial charge on any atom is 0.203 e. The average molecular weight is 247 g/mol. The van der Waals surface area contributed by atoms with Gasteiger partial charge in [-0.25, -0.2) is 4.98 Å². The van der Waals surface area contributed by atoms with Crippen LogP contribution in [0.25, 0.3) is 0 Å². The van der Waals surface area contributed by atoms with Crippen molar-refractivity contribution in [2.24, 2.45) is 0 Å². The van der Waals surface area contributed by atoms with Crippen LogP contribution in [-0.4, -0.2) is 9.55 Å². The highest BCUT2D eigenvalue weighted by Crippen LogP contribution is 2.16. The van der Waals surface area contributed by atoms with Crippen LogP contribution in [0.5, 0.6) is 0 Å². The molecule has 0 amide bonds. The molecule has 90 valence electrons. The van der Waals surface area contributed by atoms with E-state index >= 15 is 0 Å². The first-order valence-electron chi connectivity index (χ1n) is 5.61. The van der Waals surface area contributed by atoms with Crippen LogP contribution < -0.4 is 5.32 Å². The van der Waals surface area contributed by atoms with Gasteiger partial charge < -0.3 is 9.88 Å². The van der Waals surface area contributed by atoms with Gasteiger partial charge in [0.25, 0.3) is 0 Å². The minimum atomic E-state index is 0.784. The van der Waals surface area contributed by atoms with E-state index in [4.69, 9.17) is 0 Å². The van der Waals surface area contributed by atoms with E-state index in [9.17, 15) is 0 Å². The van der Waals surface area contributed by atoms with Crippen molar-refractivity contribution in [3.05, 3.63) is 46.4 Å². The second-order valence-electron chi connectivity index (χ2n) is 4.08. The molecule has 17 heavy (non-hydrogen) atoms. The topological polar surface area (TPSA) is 29.9 Å². The van der Waals surface area contributed by atoms with Gasteiger partial charge in [-0.15, -0.1) is 6.58 Å². The van der Waals surface area contributed by atoms with Crippen molar-refractivity contribution in [2.75, 3.05) is 5.32 Å². The number of aromatic nitrogens is 2. The van der Waals surface area contributed by atoms with Crippen LogP contribution in [0, 0.1) is 13.8 Å². The molecule has 2 aromatic rings. The van der Waals surface area contributed by atoms with Crippen LogP contribution in [0.15, 0.2) is 29.6 Å². The SMILES string of the molecule is C=CCn1cc(C)nc1NCc1cscc1C. The van der Waals surface area contributed by atoms with E-state index < -0.39 is 0 Å². The highest BCUT2D eigenvalue weighted by molar-refractivity contribution is 7.08. The fourth-order valence-corrected chi connectivity index (χ4v) is 2.57. The van der Waals surface area contributed by atoms with Gasteiger partial charge in [0.15, 0.2) is 0 Å². The van der Waals surface area contributed by atoms with Crippen molar-refractivity contribution in [2.45, 2.75) is 26.9 Å². The molecule has 0 unspecified atom stereocenters. The smallest absolute Gasteiger partial charge is 0.203 e. The van der Waals surface area contributed by atoms with E-state index in [1.54, 1.807) is 11.3 Å². The van der Waals surface area contributed by atoms with Crippen LogP contribution >= 0.6 is 11.3 Å². The molecule has 0 radical (unpaired) electrons. The zero-order valence-electron chi connectivity index (χ0n) is 10.2. The summed E-state index contributed by atoms with van der Waals surface area (Å²) < 4.78 is 2.07. The Morgan fingerprint density at radius 2 is 2.29 bits per heavy atom. The molecule has 4 heteroatoms. The molecule has 3 nitrogen and oxygen atoms in total. The van der Waals surface area contributed by atoms with Gasteiger partial charge in [-0.3, -0.25) is 0 Å². The fraction of sp³-hybridized carbons (Fsp3) is 0.308. The van der Waals surface area contributed by atoms with Gasteiger partial charge in [0.2, 0.25) is 5.95 Å². The molecule has 0 aromatic carbocycles. The van der Waals surface area contributed by atoms with Crippen molar-refractivity contribution in [1.29, 1.82) is 0 Å². The summed E-state index contributed by atoms with van der Waals surface area (Å²) >= 11 is 1.74. The Labute approximate surface area is 106 Å². The van der Waals surface area contributed by atoms with Gasteiger partial charge in [-0.2, -0.15) is 11.3 Å². The summed E-state index contributed by atoms with van der Waals surface area (Å²) in [6.45, 7) is 9.50. The van der Waals surface area contributed by atoms with Gasteiger partial charge in [0.1, 0.15) is 0 Å². The number of nitrogens with one attached hydrogen (secondary N) is 1. The predicted octanol–water partition coefficient (Wildman–Crippen LogP) is 3.36. The molecular formula is C13H17N3S. The third-order valence-corrected chi connectivity index (χ3v) is 3.53. The van der Waals surface area contributed by atoms with Crippen molar-refractivity contribution in [3.63, 3.8) is 0 Å². The maximum absolute atomic E-state index is 4.47. The number of thiophene rings is 1. The Balaban J connectivity index is 2.08. The highest BCUT2D eigenvalue weighted by atomic mass is 32.1. The zero-order valence-corrected chi connectivity index (χ0v) is 11.0. The Morgan fingerprint density at radius 1 is 1.47 bits per heavy atom. The molecule has 0 spiro atoms. The van der Waals surface area contributed by atoms with Crippen LogP contribution in [0.2, 0.25) is 0 Å². The first kappa shape index (κ1) is 11.9. The summed E-state index contributed by atoms with van der Waals surface area (Å²) in [5.41, 5.74) is 3.69. The van der Waals surface area contributed by atoms with Crippen LogP contribution in [0.1, 0.15) is 16.8 Å². The highest BCUT2D eigenvalue weighted by Gasteiger charge is 2.05. The van der Waals surface area contributed by atoms with E-state index in [1.807, 2.05) is 19.2 Å². The lowest BCUT2D eigenvalue weighted by molar-refractivity contribution is 0.819. The number of rotatable bonds is 5. The van der Waals surface area contributed by atoms with Crippen molar-refractivity contribution < 1.29 is 0 Å². The van der Waals surface area contributed by atoms with Gasteiger partial charge in [-0.1, -0.05) is 6.08 Å².